The van der Waals surface area contributed by atoms with Crippen LogP contribution in [0.15, 0.2) is 24.3 Å². The van der Waals surface area contributed by atoms with E-state index >= 15 is 0 Å². The molecule has 2 amide bonds. The molecule has 1 aliphatic rings. The fraction of sp³-hybridized carbons (Fsp3) is 0.533. The first-order valence-corrected chi connectivity index (χ1v) is 7.35. The van der Waals surface area contributed by atoms with Crippen LogP contribution >= 0.6 is 11.6 Å². The van der Waals surface area contributed by atoms with Crippen molar-refractivity contribution in [3.63, 3.8) is 0 Å². The number of carbonyl (C=O) groups is 1. The minimum atomic E-state index is -0.233. The standard InChI is InChI=1S/C15H21ClN2O2/c1-11(9-19)18-14(20)17-10-15(7-2-8-15)12-3-5-13(16)6-4-12/h3-6,11,19H,2,7-10H2,1H3,(H2,17,18,20). The second-order valence-corrected chi connectivity index (χ2v) is 5.99. The number of hydrogen-bond donors (Lipinski definition) is 3. The Labute approximate surface area is 124 Å². The van der Waals surface area contributed by atoms with Crippen LogP contribution in [0.3, 0.4) is 0 Å². The first-order chi connectivity index (χ1) is 9.55. The number of urea groups is 1. The fourth-order valence-electron chi connectivity index (χ4n) is 2.54. The van der Waals surface area contributed by atoms with Crippen molar-refractivity contribution in [2.75, 3.05) is 13.2 Å². The van der Waals surface area contributed by atoms with E-state index in [4.69, 9.17) is 16.7 Å². The highest BCUT2D eigenvalue weighted by Crippen LogP contribution is 2.43. The summed E-state index contributed by atoms with van der Waals surface area (Å²) in [6.45, 7) is 2.31. The average molecular weight is 297 g/mol. The number of rotatable bonds is 5. The van der Waals surface area contributed by atoms with Crippen molar-refractivity contribution < 1.29 is 9.90 Å². The summed E-state index contributed by atoms with van der Waals surface area (Å²) >= 11 is 5.92. The first-order valence-electron chi connectivity index (χ1n) is 6.97. The van der Waals surface area contributed by atoms with Gasteiger partial charge in [0.15, 0.2) is 0 Å². The number of hydrogen-bond acceptors (Lipinski definition) is 2. The van der Waals surface area contributed by atoms with E-state index in [9.17, 15) is 4.79 Å². The number of amides is 2. The van der Waals surface area contributed by atoms with Gasteiger partial charge in [-0.3, -0.25) is 0 Å². The summed E-state index contributed by atoms with van der Waals surface area (Å²) in [5.41, 5.74) is 1.26. The molecule has 3 N–H and O–H groups in total. The summed E-state index contributed by atoms with van der Waals surface area (Å²) in [6.07, 6.45) is 3.33. The summed E-state index contributed by atoms with van der Waals surface area (Å²) < 4.78 is 0. The first kappa shape index (κ1) is 15.1. The molecule has 0 aliphatic heterocycles. The number of halogens is 1. The van der Waals surface area contributed by atoms with Crippen LogP contribution in [0.2, 0.25) is 5.02 Å². The van der Waals surface area contributed by atoms with E-state index < -0.39 is 0 Å². The maximum absolute atomic E-state index is 11.7. The summed E-state index contributed by atoms with van der Waals surface area (Å²) in [5.74, 6) is 0. The maximum atomic E-state index is 11.7. The van der Waals surface area contributed by atoms with Crippen LogP contribution < -0.4 is 10.6 Å². The van der Waals surface area contributed by atoms with E-state index in [2.05, 4.69) is 10.6 Å². The lowest BCUT2D eigenvalue weighted by Crippen LogP contribution is -2.50. The number of carbonyl (C=O) groups excluding carboxylic acids is 1. The number of nitrogens with one attached hydrogen (secondary N) is 2. The van der Waals surface area contributed by atoms with Gasteiger partial charge in [-0.1, -0.05) is 30.2 Å². The average Bonchev–Trinajstić information content (AvgIpc) is 2.39. The van der Waals surface area contributed by atoms with E-state index in [-0.39, 0.29) is 24.1 Å². The lowest BCUT2D eigenvalue weighted by molar-refractivity contribution is 0.204. The van der Waals surface area contributed by atoms with E-state index in [0.717, 1.165) is 17.9 Å². The normalized spacial score (nSPS) is 17.9. The molecule has 2 rings (SSSR count). The van der Waals surface area contributed by atoms with Gasteiger partial charge in [0.1, 0.15) is 0 Å². The maximum Gasteiger partial charge on any atom is 0.315 e. The quantitative estimate of drug-likeness (QED) is 0.781. The predicted octanol–water partition coefficient (Wildman–Crippen LogP) is 2.44. The van der Waals surface area contributed by atoms with Gasteiger partial charge in [-0.2, -0.15) is 0 Å². The molecule has 0 radical (unpaired) electrons. The highest BCUT2D eigenvalue weighted by Gasteiger charge is 2.38. The van der Waals surface area contributed by atoms with Crippen molar-refractivity contribution in [1.29, 1.82) is 0 Å². The van der Waals surface area contributed by atoms with Gasteiger partial charge in [-0.15, -0.1) is 0 Å². The number of aliphatic hydroxyl groups excluding tert-OH is 1. The molecule has 0 aromatic heterocycles. The van der Waals surface area contributed by atoms with Gasteiger partial charge in [0, 0.05) is 17.0 Å². The van der Waals surface area contributed by atoms with Crippen molar-refractivity contribution in [2.24, 2.45) is 0 Å². The molecule has 4 nitrogen and oxygen atoms in total. The SMILES string of the molecule is CC(CO)NC(=O)NCC1(c2ccc(Cl)cc2)CCC1. The second-order valence-electron chi connectivity index (χ2n) is 5.55. The van der Waals surface area contributed by atoms with Crippen molar-refractivity contribution in [1.82, 2.24) is 10.6 Å². The Morgan fingerprint density at radius 3 is 2.55 bits per heavy atom. The molecule has 1 aliphatic carbocycles. The van der Waals surface area contributed by atoms with Gasteiger partial charge in [0.05, 0.1) is 12.6 Å². The van der Waals surface area contributed by atoms with E-state index in [1.165, 1.54) is 12.0 Å². The molecule has 1 saturated carbocycles. The van der Waals surface area contributed by atoms with E-state index in [0.29, 0.717) is 6.54 Å². The molecular formula is C15H21ClN2O2. The smallest absolute Gasteiger partial charge is 0.315 e. The zero-order chi connectivity index (χ0) is 14.6. The van der Waals surface area contributed by atoms with Crippen molar-refractivity contribution in [3.8, 4) is 0 Å². The van der Waals surface area contributed by atoms with Gasteiger partial charge >= 0.3 is 6.03 Å². The number of benzene rings is 1. The Balaban J connectivity index is 1.95. The molecule has 0 saturated heterocycles. The van der Waals surface area contributed by atoms with Crippen LogP contribution in [0.25, 0.3) is 0 Å². The zero-order valence-electron chi connectivity index (χ0n) is 11.7. The molecule has 0 spiro atoms. The predicted molar refractivity (Wildman–Crippen MR) is 80.1 cm³/mol. The topological polar surface area (TPSA) is 61.4 Å². The molecule has 1 unspecified atom stereocenters. The van der Waals surface area contributed by atoms with Gasteiger partial charge in [0.25, 0.3) is 0 Å². The molecule has 1 fully saturated rings. The Bertz CT molecular complexity index is 457. The Morgan fingerprint density at radius 2 is 2.05 bits per heavy atom. The molecule has 5 heteroatoms. The zero-order valence-corrected chi connectivity index (χ0v) is 12.4. The Kier molecular flexibility index (Phi) is 4.89. The Morgan fingerprint density at radius 1 is 1.40 bits per heavy atom. The molecule has 20 heavy (non-hydrogen) atoms. The van der Waals surface area contributed by atoms with Crippen LogP contribution in [0, 0.1) is 0 Å². The molecular weight excluding hydrogens is 276 g/mol. The Hall–Kier alpha value is -1.26. The lowest BCUT2D eigenvalue weighted by Gasteiger charge is -2.42. The van der Waals surface area contributed by atoms with Crippen molar-refractivity contribution in [2.45, 2.75) is 37.6 Å². The van der Waals surface area contributed by atoms with Crippen LogP contribution in [-0.2, 0) is 5.41 Å². The molecule has 1 atom stereocenters. The molecule has 1 aromatic rings. The third-order valence-corrected chi connectivity index (χ3v) is 4.26. The van der Waals surface area contributed by atoms with Crippen LogP contribution in [0.5, 0.6) is 0 Å². The minimum Gasteiger partial charge on any atom is -0.394 e. The largest absolute Gasteiger partial charge is 0.394 e. The lowest BCUT2D eigenvalue weighted by atomic mass is 9.64. The van der Waals surface area contributed by atoms with Crippen molar-refractivity contribution in [3.05, 3.63) is 34.9 Å². The third kappa shape index (κ3) is 3.44. The third-order valence-electron chi connectivity index (χ3n) is 4.01. The fourth-order valence-corrected chi connectivity index (χ4v) is 2.67. The summed E-state index contributed by atoms with van der Waals surface area (Å²) in [4.78, 5) is 11.7. The van der Waals surface area contributed by atoms with Crippen LogP contribution in [0.1, 0.15) is 31.7 Å². The number of aliphatic hydroxyl groups is 1. The van der Waals surface area contributed by atoms with E-state index in [1.807, 2.05) is 24.3 Å². The van der Waals surface area contributed by atoms with Gasteiger partial charge < -0.3 is 15.7 Å². The second kappa shape index (κ2) is 6.46. The van der Waals surface area contributed by atoms with Gasteiger partial charge in [-0.05, 0) is 37.5 Å². The van der Waals surface area contributed by atoms with Crippen LogP contribution in [0.4, 0.5) is 4.79 Å². The molecule has 0 heterocycles. The monoisotopic (exact) mass is 296 g/mol. The molecule has 110 valence electrons. The highest BCUT2D eigenvalue weighted by molar-refractivity contribution is 6.30. The summed E-state index contributed by atoms with van der Waals surface area (Å²) in [5, 5.41) is 15.2. The summed E-state index contributed by atoms with van der Waals surface area (Å²) in [7, 11) is 0. The van der Waals surface area contributed by atoms with Crippen LogP contribution in [-0.4, -0.2) is 30.3 Å². The van der Waals surface area contributed by atoms with Gasteiger partial charge in [0.2, 0.25) is 0 Å². The van der Waals surface area contributed by atoms with Gasteiger partial charge in [-0.25, -0.2) is 4.79 Å². The molecule has 1 aromatic carbocycles. The summed E-state index contributed by atoms with van der Waals surface area (Å²) in [6, 6.07) is 7.40. The minimum absolute atomic E-state index is 0.0321. The van der Waals surface area contributed by atoms with E-state index in [1.54, 1.807) is 6.92 Å². The highest BCUT2D eigenvalue weighted by atomic mass is 35.5. The van der Waals surface area contributed by atoms with Crippen molar-refractivity contribution >= 4 is 17.6 Å². The molecule has 0 bridgehead atoms.